The van der Waals surface area contributed by atoms with Crippen LogP contribution in [-0.2, 0) is 23.9 Å². The molecule has 45 heavy (non-hydrogen) atoms. The number of carbonyl (C=O) groups is 4. The summed E-state index contributed by atoms with van der Waals surface area (Å²) in [4.78, 5) is 55.1. The fraction of sp³-hybridized carbons (Fsp3) is 0.667. The Bertz CT molecular complexity index is 1560. The fourth-order valence-electron chi connectivity index (χ4n) is 11.7. The average Bonchev–Trinajstić information content (AvgIpc) is 3.01. The molecule has 9 atom stereocenters. The summed E-state index contributed by atoms with van der Waals surface area (Å²) in [6.45, 7) is 10.2. The predicted molar refractivity (Wildman–Crippen MR) is 160 cm³/mol. The normalized spacial score (nSPS) is 47.0. The predicted octanol–water partition coefficient (Wildman–Crippen LogP) is 3.43. The molecule has 3 N–H and O–H groups in total. The second kappa shape index (κ2) is 9.14. The van der Waals surface area contributed by atoms with Gasteiger partial charge in [0.1, 0.15) is 17.3 Å². The summed E-state index contributed by atoms with van der Waals surface area (Å²) in [6, 6.07) is 7.36. The average molecular weight is 618 g/mol. The molecule has 2 aliphatic heterocycles. The number of Topliss-reactive ketones (excluding diaryl/α,β-unsaturated/α-hetero) is 2. The number of carbonyl (C=O) groups excluding carboxylic acids is 4. The van der Waals surface area contributed by atoms with Gasteiger partial charge in [0.05, 0.1) is 17.9 Å². The zero-order valence-electron chi connectivity index (χ0n) is 26.3. The molecule has 2 spiro atoms. The first-order valence-electron chi connectivity index (χ1n) is 16.7. The van der Waals surface area contributed by atoms with Crippen molar-refractivity contribution in [3.8, 4) is 0 Å². The molecule has 8 aliphatic rings. The Hall–Kier alpha value is -2.88. The summed E-state index contributed by atoms with van der Waals surface area (Å²) in [7, 11) is 0. The number of ether oxygens (including phenoxy) is 2. The zero-order chi connectivity index (χ0) is 31.9. The van der Waals surface area contributed by atoms with Crippen molar-refractivity contribution in [3.63, 3.8) is 0 Å². The van der Waals surface area contributed by atoms with E-state index in [-0.39, 0.29) is 30.3 Å². The number of nitrogens with one attached hydrogen (secondary N) is 1. The first-order valence-corrected chi connectivity index (χ1v) is 16.7. The van der Waals surface area contributed by atoms with E-state index in [9.17, 15) is 29.4 Å². The van der Waals surface area contributed by atoms with Crippen LogP contribution in [0.3, 0.4) is 0 Å². The maximum absolute atomic E-state index is 14.7. The van der Waals surface area contributed by atoms with Gasteiger partial charge in [-0.25, -0.2) is 0 Å². The lowest BCUT2D eigenvalue weighted by atomic mass is 9.21. The Balaban J connectivity index is 1.03. The van der Waals surface area contributed by atoms with Gasteiger partial charge in [-0.05, 0) is 86.8 Å². The molecular formula is C36H43NO8. The van der Waals surface area contributed by atoms with E-state index in [1.807, 2.05) is 39.0 Å². The number of esters is 1. The summed E-state index contributed by atoms with van der Waals surface area (Å²) in [6.07, 6.45) is 2.99. The van der Waals surface area contributed by atoms with Crippen molar-refractivity contribution >= 4 is 23.4 Å². The number of rotatable bonds is 4. The maximum atomic E-state index is 14.7. The molecule has 1 unspecified atom stereocenters. The van der Waals surface area contributed by atoms with Crippen LogP contribution in [0, 0.1) is 52.8 Å². The van der Waals surface area contributed by atoms with Crippen molar-refractivity contribution < 1.29 is 38.9 Å². The number of amides is 1. The third kappa shape index (κ3) is 3.25. The molecule has 240 valence electrons. The summed E-state index contributed by atoms with van der Waals surface area (Å²) in [5.41, 5.74) is -2.42. The minimum atomic E-state index is -2.16. The van der Waals surface area contributed by atoms with Crippen LogP contribution in [0.15, 0.2) is 36.4 Å². The van der Waals surface area contributed by atoms with Gasteiger partial charge in [0.25, 0.3) is 5.91 Å². The smallest absolute Gasteiger partial charge is 0.310 e. The van der Waals surface area contributed by atoms with E-state index in [1.165, 1.54) is 0 Å². The van der Waals surface area contributed by atoms with E-state index in [2.05, 4.69) is 11.9 Å². The molecule has 6 saturated carbocycles. The molecule has 2 bridgehead atoms. The van der Waals surface area contributed by atoms with Gasteiger partial charge in [0.2, 0.25) is 5.79 Å². The van der Waals surface area contributed by atoms with E-state index in [0.29, 0.717) is 62.5 Å². The van der Waals surface area contributed by atoms with Gasteiger partial charge in [-0.1, -0.05) is 38.1 Å². The number of aliphatic hydroxyl groups is 2. The number of aryl methyl sites for hydroxylation is 1. The molecule has 9 heteroatoms. The number of hydrogen-bond donors (Lipinski definition) is 3. The van der Waals surface area contributed by atoms with Crippen LogP contribution in [0.5, 0.6) is 0 Å². The van der Waals surface area contributed by atoms with Crippen molar-refractivity contribution in [1.82, 2.24) is 5.32 Å². The Kier molecular flexibility index (Phi) is 5.99. The van der Waals surface area contributed by atoms with E-state index in [4.69, 9.17) is 9.47 Å². The highest BCUT2D eigenvalue weighted by Crippen LogP contribution is 2.85. The summed E-state index contributed by atoms with van der Waals surface area (Å²) in [5, 5.41) is 27.2. The lowest BCUT2D eigenvalue weighted by Gasteiger charge is -2.84. The third-order valence-corrected chi connectivity index (χ3v) is 13.6. The number of benzene rings is 1. The van der Waals surface area contributed by atoms with Crippen molar-refractivity contribution in [1.29, 1.82) is 0 Å². The Morgan fingerprint density at radius 2 is 1.80 bits per heavy atom. The van der Waals surface area contributed by atoms with Gasteiger partial charge in [0, 0.05) is 29.9 Å². The Labute approximate surface area is 263 Å². The van der Waals surface area contributed by atoms with Crippen molar-refractivity contribution in [2.45, 2.75) is 95.7 Å². The molecule has 1 aromatic rings. The molecule has 2 saturated heterocycles. The minimum Gasteiger partial charge on any atom is -0.446 e. The highest BCUT2D eigenvalue weighted by atomic mass is 16.6. The SMILES string of the molecule is C=C1[C@@H]2CC[C@H]3[C@@]45CO[C@](O)([C@@H](O)[C@@H]4C(C)(C)CCC5=O)[C@]34C(=O)C1(OC(=O)C1CCC(NC(=O)c3cccc(C)c3)CC1)[C@H]24. The Morgan fingerprint density at radius 3 is 2.51 bits per heavy atom. The molecule has 9 nitrogen and oxygen atoms in total. The lowest BCUT2D eigenvalue weighted by Crippen LogP contribution is -2.97. The molecule has 2 heterocycles. The van der Waals surface area contributed by atoms with Gasteiger partial charge >= 0.3 is 5.97 Å². The molecule has 1 amide bonds. The topological polar surface area (TPSA) is 139 Å². The van der Waals surface area contributed by atoms with Gasteiger partial charge in [0.15, 0.2) is 11.4 Å². The second-order valence-electron chi connectivity index (χ2n) is 15.8. The monoisotopic (exact) mass is 617 g/mol. The maximum Gasteiger partial charge on any atom is 0.310 e. The lowest BCUT2D eigenvalue weighted by molar-refractivity contribution is -0.465. The molecule has 6 aliphatic carbocycles. The molecule has 8 fully saturated rings. The van der Waals surface area contributed by atoms with Crippen LogP contribution < -0.4 is 5.32 Å². The van der Waals surface area contributed by atoms with Crippen LogP contribution >= 0.6 is 0 Å². The third-order valence-electron chi connectivity index (χ3n) is 13.6. The number of hydrogen-bond acceptors (Lipinski definition) is 8. The fourth-order valence-corrected chi connectivity index (χ4v) is 11.7. The van der Waals surface area contributed by atoms with E-state index < -0.39 is 69.2 Å². The van der Waals surface area contributed by atoms with Crippen molar-refractivity contribution in [2.24, 2.45) is 45.8 Å². The highest BCUT2D eigenvalue weighted by Gasteiger charge is 2.97. The quantitative estimate of drug-likeness (QED) is 0.345. The van der Waals surface area contributed by atoms with Crippen molar-refractivity contribution in [3.05, 3.63) is 47.5 Å². The van der Waals surface area contributed by atoms with Gasteiger partial charge in [-0.2, -0.15) is 0 Å². The van der Waals surface area contributed by atoms with E-state index in [0.717, 1.165) is 5.56 Å². The van der Waals surface area contributed by atoms with Crippen molar-refractivity contribution in [2.75, 3.05) is 6.61 Å². The number of aliphatic hydroxyl groups excluding tert-OH is 1. The second-order valence-corrected chi connectivity index (χ2v) is 15.8. The van der Waals surface area contributed by atoms with E-state index in [1.54, 1.807) is 6.07 Å². The van der Waals surface area contributed by atoms with Crippen LogP contribution in [0.1, 0.15) is 81.1 Å². The molecule has 0 aromatic heterocycles. The van der Waals surface area contributed by atoms with Gasteiger partial charge < -0.3 is 25.0 Å². The number of fused-ring (bicyclic) bond motifs is 1. The van der Waals surface area contributed by atoms with E-state index >= 15 is 0 Å². The summed E-state index contributed by atoms with van der Waals surface area (Å²) >= 11 is 0. The van der Waals surface area contributed by atoms with Crippen LogP contribution in [-0.4, -0.2) is 63.8 Å². The van der Waals surface area contributed by atoms with Crippen LogP contribution in [0.4, 0.5) is 0 Å². The largest absolute Gasteiger partial charge is 0.446 e. The van der Waals surface area contributed by atoms with Gasteiger partial charge in [-0.3, -0.25) is 19.2 Å². The molecular weight excluding hydrogens is 574 g/mol. The highest BCUT2D eigenvalue weighted by molar-refractivity contribution is 6.10. The molecule has 1 aromatic carbocycles. The summed E-state index contributed by atoms with van der Waals surface area (Å²) < 4.78 is 12.3. The minimum absolute atomic E-state index is 0.00199. The Morgan fingerprint density at radius 1 is 1.07 bits per heavy atom. The van der Waals surface area contributed by atoms with Gasteiger partial charge in [-0.15, -0.1) is 0 Å². The first-order chi connectivity index (χ1) is 21.3. The number of ketones is 2. The van der Waals surface area contributed by atoms with Crippen LogP contribution in [0.2, 0.25) is 0 Å². The summed E-state index contributed by atoms with van der Waals surface area (Å²) in [5.74, 6) is -5.45. The standard InChI is InChI=1S/C36H43NO8/c1-18-6-5-7-21(16-18)29(40)37-22-10-8-20(9-11-22)30(41)45-35-19(2)23-12-13-24-33-17-44-36(43,34(24,26(23)35)31(35)42)28(39)27(33)32(3,4)15-14-25(33)38/h5-7,16,20,22-24,26-28,39,43H,2,8-15,17H2,1,3-4H3,(H,37,40)/t20?,22?,23-,24-,26+,27+,28-,33+,34+,35?,36+/m0/s1. The van der Waals surface area contributed by atoms with Crippen LogP contribution in [0.25, 0.3) is 0 Å². The zero-order valence-corrected chi connectivity index (χ0v) is 26.3. The first kappa shape index (κ1) is 29.5. The molecule has 0 radical (unpaired) electrons. The molecule has 9 rings (SSSR count).